The fourth-order valence-corrected chi connectivity index (χ4v) is 2.42. The first kappa shape index (κ1) is 25.6. The highest BCUT2D eigenvalue weighted by molar-refractivity contribution is 6.30. The van der Waals surface area contributed by atoms with E-state index in [4.69, 9.17) is 21.8 Å². The van der Waals surface area contributed by atoms with Crippen LogP contribution in [0, 0.1) is 0 Å². The minimum Gasteiger partial charge on any atom is -0.478 e. The van der Waals surface area contributed by atoms with Crippen molar-refractivity contribution in [3.8, 4) is 0 Å². The Bertz CT molecular complexity index is 735. The Hall–Kier alpha value is -2.41. The van der Waals surface area contributed by atoms with Crippen molar-refractivity contribution in [2.24, 2.45) is 0 Å². The van der Waals surface area contributed by atoms with Gasteiger partial charge in [-0.2, -0.15) is 0 Å². The first-order valence-electron chi connectivity index (χ1n) is 8.24. The molecular formula is C20H24Cl2N2O4. The van der Waals surface area contributed by atoms with Gasteiger partial charge in [0.1, 0.15) is 0 Å². The number of pyridine rings is 1. The smallest absolute Gasteiger partial charge is 0.328 e. The summed E-state index contributed by atoms with van der Waals surface area (Å²) in [6.07, 6.45) is 4.02. The van der Waals surface area contributed by atoms with Crippen LogP contribution in [0.1, 0.15) is 23.6 Å². The van der Waals surface area contributed by atoms with Gasteiger partial charge in [0.05, 0.1) is 0 Å². The molecule has 0 saturated heterocycles. The molecule has 28 heavy (non-hydrogen) atoms. The van der Waals surface area contributed by atoms with Crippen LogP contribution in [0.2, 0.25) is 5.02 Å². The lowest BCUT2D eigenvalue weighted by atomic mass is 9.92. The van der Waals surface area contributed by atoms with Gasteiger partial charge in [-0.3, -0.25) is 4.98 Å². The summed E-state index contributed by atoms with van der Waals surface area (Å²) >= 11 is 5.97. The standard InChI is InChI=1S/C16H19ClN2.C4H4O4.ClH/c1-19(2)12-10-15(16-5-3-4-11-18-16)13-6-8-14(17)9-7-13;5-3(6)1-2-4(7)8;/h3-9,11,15H,10,12H2,1-2H3;1-2H,(H,5,6)(H,7,8);1H/t15-;;/m1../s1. The number of carboxylic acids is 2. The molecule has 0 aliphatic heterocycles. The molecular weight excluding hydrogens is 403 g/mol. The number of rotatable bonds is 7. The minimum absolute atomic E-state index is 0. The zero-order valence-corrected chi connectivity index (χ0v) is 17.2. The molecule has 0 bridgehead atoms. The molecule has 8 heteroatoms. The molecule has 1 atom stereocenters. The maximum Gasteiger partial charge on any atom is 0.328 e. The van der Waals surface area contributed by atoms with E-state index in [0.29, 0.717) is 18.1 Å². The number of aliphatic carboxylic acids is 2. The second-order valence-electron chi connectivity index (χ2n) is 5.96. The quantitative estimate of drug-likeness (QED) is 0.651. The molecule has 2 aromatic rings. The van der Waals surface area contributed by atoms with Crippen LogP contribution in [-0.4, -0.2) is 52.7 Å². The Labute approximate surface area is 175 Å². The first-order chi connectivity index (χ1) is 12.8. The maximum absolute atomic E-state index is 9.55. The predicted octanol–water partition coefficient (Wildman–Crippen LogP) is 3.95. The van der Waals surface area contributed by atoms with Gasteiger partial charge in [0.15, 0.2) is 0 Å². The Morgan fingerprint density at radius 3 is 2.07 bits per heavy atom. The summed E-state index contributed by atoms with van der Waals surface area (Å²) in [6, 6.07) is 14.2. The van der Waals surface area contributed by atoms with Crippen molar-refractivity contribution in [3.05, 3.63) is 77.1 Å². The van der Waals surface area contributed by atoms with Crippen molar-refractivity contribution in [1.29, 1.82) is 0 Å². The van der Waals surface area contributed by atoms with Crippen LogP contribution >= 0.6 is 24.0 Å². The Balaban J connectivity index is 0.000000694. The zero-order valence-electron chi connectivity index (χ0n) is 15.7. The topological polar surface area (TPSA) is 90.7 Å². The first-order valence-corrected chi connectivity index (χ1v) is 8.62. The molecule has 0 fully saturated rings. The number of hydrogen-bond donors (Lipinski definition) is 2. The molecule has 2 N–H and O–H groups in total. The minimum atomic E-state index is -1.26. The molecule has 152 valence electrons. The average molecular weight is 427 g/mol. The van der Waals surface area contributed by atoms with E-state index in [1.807, 2.05) is 30.5 Å². The van der Waals surface area contributed by atoms with Gasteiger partial charge < -0.3 is 15.1 Å². The number of carboxylic acid groups (broad SMARTS) is 2. The molecule has 2 rings (SSSR count). The highest BCUT2D eigenvalue weighted by Gasteiger charge is 2.15. The highest BCUT2D eigenvalue weighted by atomic mass is 35.5. The summed E-state index contributed by atoms with van der Waals surface area (Å²) in [4.78, 5) is 25.8. The van der Waals surface area contributed by atoms with E-state index < -0.39 is 11.9 Å². The van der Waals surface area contributed by atoms with E-state index in [-0.39, 0.29) is 12.4 Å². The van der Waals surface area contributed by atoms with Crippen molar-refractivity contribution in [2.45, 2.75) is 12.3 Å². The van der Waals surface area contributed by atoms with Crippen molar-refractivity contribution in [1.82, 2.24) is 9.88 Å². The summed E-state index contributed by atoms with van der Waals surface area (Å²) in [5.74, 6) is -2.19. The third-order valence-corrected chi connectivity index (χ3v) is 3.80. The molecule has 1 aromatic carbocycles. The van der Waals surface area contributed by atoms with Gasteiger partial charge in [-0.1, -0.05) is 29.8 Å². The van der Waals surface area contributed by atoms with Crippen LogP contribution in [0.25, 0.3) is 0 Å². The molecule has 1 aromatic heterocycles. The molecule has 0 saturated carbocycles. The molecule has 0 aliphatic rings. The Kier molecular flexibility index (Phi) is 12.5. The van der Waals surface area contributed by atoms with Crippen molar-refractivity contribution in [2.75, 3.05) is 20.6 Å². The van der Waals surface area contributed by atoms with Gasteiger partial charge in [0.25, 0.3) is 0 Å². The molecule has 0 amide bonds. The average Bonchev–Trinajstić information content (AvgIpc) is 2.63. The third kappa shape index (κ3) is 10.7. The lowest BCUT2D eigenvalue weighted by molar-refractivity contribution is -0.134. The SMILES string of the molecule is CN(C)CC[C@H](c1ccc(Cl)cc1)c1ccccn1.Cl.O=C(O)C=CC(=O)O. The van der Waals surface area contributed by atoms with Crippen molar-refractivity contribution < 1.29 is 19.8 Å². The van der Waals surface area contributed by atoms with E-state index in [9.17, 15) is 9.59 Å². The number of nitrogens with zero attached hydrogens (tertiary/aromatic N) is 2. The van der Waals surface area contributed by atoms with Gasteiger partial charge in [0.2, 0.25) is 0 Å². The summed E-state index contributed by atoms with van der Waals surface area (Å²) in [6.45, 7) is 1.03. The number of benzene rings is 1. The summed E-state index contributed by atoms with van der Waals surface area (Å²) < 4.78 is 0. The van der Waals surface area contributed by atoms with Gasteiger partial charge in [-0.25, -0.2) is 9.59 Å². The molecule has 6 nitrogen and oxygen atoms in total. The number of hydrogen-bond acceptors (Lipinski definition) is 4. The van der Waals surface area contributed by atoms with Crippen LogP contribution < -0.4 is 0 Å². The summed E-state index contributed by atoms with van der Waals surface area (Å²) in [7, 11) is 4.19. The third-order valence-electron chi connectivity index (χ3n) is 3.55. The zero-order chi connectivity index (χ0) is 20.2. The largest absolute Gasteiger partial charge is 0.478 e. The van der Waals surface area contributed by atoms with Gasteiger partial charge in [-0.05, 0) is 56.9 Å². The van der Waals surface area contributed by atoms with E-state index >= 15 is 0 Å². The second-order valence-corrected chi connectivity index (χ2v) is 6.40. The monoisotopic (exact) mass is 426 g/mol. The Morgan fingerprint density at radius 1 is 1.07 bits per heavy atom. The van der Waals surface area contributed by atoms with E-state index in [1.165, 1.54) is 5.56 Å². The molecule has 1 heterocycles. The molecule has 0 aliphatic carbocycles. The lowest BCUT2D eigenvalue weighted by Crippen LogP contribution is -2.17. The molecule has 0 radical (unpaired) electrons. The van der Waals surface area contributed by atoms with Crippen LogP contribution in [0.3, 0.4) is 0 Å². The van der Waals surface area contributed by atoms with Crippen molar-refractivity contribution >= 4 is 35.9 Å². The molecule has 0 spiro atoms. The predicted molar refractivity (Wildman–Crippen MR) is 112 cm³/mol. The van der Waals surface area contributed by atoms with E-state index in [1.54, 1.807) is 0 Å². The van der Waals surface area contributed by atoms with Crippen molar-refractivity contribution in [3.63, 3.8) is 0 Å². The normalized spacial score (nSPS) is 11.3. The summed E-state index contributed by atoms with van der Waals surface area (Å²) in [5.41, 5.74) is 2.39. The fraction of sp³-hybridized carbons (Fsp3) is 0.250. The molecule has 0 unspecified atom stereocenters. The van der Waals surface area contributed by atoms with Crippen LogP contribution in [-0.2, 0) is 9.59 Å². The Morgan fingerprint density at radius 2 is 1.64 bits per heavy atom. The van der Waals surface area contributed by atoms with Gasteiger partial charge >= 0.3 is 11.9 Å². The van der Waals surface area contributed by atoms with E-state index in [2.05, 4.69) is 42.2 Å². The van der Waals surface area contributed by atoms with Crippen LogP contribution in [0.4, 0.5) is 0 Å². The second kappa shape index (κ2) is 13.7. The maximum atomic E-state index is 9.55. The van der Waals surface area contributed by atoms with Crippen LogP contribution in [0.5, 0.6) is 0 Å². The number of halogens is 2. The van der Waals surface area contributed by atoms with Gasteiger partial charge in [-0.15, -0.1) is 12.4 Å². The highest BCUT2D eigenvalue weighted by Crippen LogP contribution is 2.27. The van der Waals surface area contributed by atoms with E-state index in [0.717, 1.165) is 23.7 Å². The number of carbonyl (C=O) groups is 2. The van der Waals surface area contributed by atoms with Gasteiger partial charge in [0, 0.05) is 35.0 Å². The number of aromatic nitrogens is 1. The fourth-order valence-electron chi connectivity index (χ4n) is 2.29. The lowest BCUT2D eigenvalue weighted by Gasteiger charge is -2.19. The van der Waals surface area contributed by atoms with Crippen LogP contribution in [0.15, 0.2) is 60.8 Å². The summed E-state index contributed by atoms with van der Waals surface area (Å²) in [5, 5.41) is 16.4.